The van der Waals surface area contributed by atoms with E-state index in [2.05, 4.69) is 0 Å². The largest absolute Gasteiger partial charge is 0.374 e. The third-order valence-corrected chi connectivity index (χ3v) is 1.01. The van der Waals surface area contributed by atoms with E-state index in [-0.39, 0.29) is 5.78 Å². The molecule has 0 aliphatic rings. The minimum atomic E-state index is 0.184. The Morgan fingerprint density at radius 1 is 1.44 bits per heavy atom. The van der Waals surface area contributed by atoms with Crippen molar-refractivity contribution in [2.75, 3.05) is 13.2 Å². The fraction of sp³-hybridized carbons (Fsp3) is 0.857. The summed E-state index contributed by atoms with van der Waals surface area (Å²) in [4.78, 5) is 10.6. The van der Waals surface area contributed by atoms with Gasteiger partial charge in [-0.05, 0) is 6.42 Å². The monoisotopic (exact) mass is 130 g/mol. The Balaban J connectivity index is 2.97. The molecule has 0 N–H and O–H groups in total. The van der Waals surface area contributed by atoms with Crippen LogP contribution in [0.5, 0.6) is 0 Å². The van der Waals surface area contributed by atoms with E-state index < -0.39 is 0 Å². The molecular formula is C7H14O2. The van der Waals surface area contributed by atoms with Crippen LogP contribution in [0.3, 0.4) is 0 Å². The number of rotatable bonds is 5. The lowest BCUT2D eigenvalue weighted by Crippen LogP contribution is -2.06. The molecule has 0 aromatic heterocycles. The molecule has 0 heterocycles. The van der Waals surface area contributed by atoms with Gasteiger partial charge in [0, 0.05) is 13.0 Å². The zero-order valence-electron chi connectivity index (χ0n) is 6.14. The van der Waals surface area contributed by atoms with Gasteiger partial charge < -0.3 is 4.74 Å². The number of carbonyl (C=O) groups excluding carboxylic acids is 1. The Morgan fingerprint density at radius 3 is 2.56 bits per heavy atom. The first-order valence-electron chi connectivity index (χ1n) is 3.40. The maximum absolute atomic E-state index is 10.6. The predicted molar refractivity (Wildman–Crippen MR) is 36.4 cm³/mol. The van der Waals surface area contributed by atoms with E-state index in [9.17, 15) is 4.79 Å². The number of hydrogen-bond donors (Lipinski definition) is 0. The van der Waals surface area contributed by atoms with Gasteiger partial charge in [-0.3, -0.25) is 4.79 Å². The molecule has 0 amide bonds. The molecule has 54 valence electrons. The lowest BCUT2D eigenvalue weighted by atomic mass is 10.3. The summed E-state index contributed by atoms with van der Waals surface area (Å²) in [6.07, 6.45) is 1.57. The first-order valence-corrected chi connectivity index (χ1v) is 3.40. The highest BCUT2D eigenvalue weighted by Crippen LogP contribution is 1.84. The van der Waals surface area contributed by atoms with E-state index in [0.29, 0.717) is 19.6 Å². The fourth-order valence-electron chi connectivity index (χ4n) is 0.432. The summed E-state index contributed by atoms with van der Waals surface area (Å²) in [5, 5.41) is 0. The maximum Gasteiger partial charge on any atom is 0.158 e. The van der Waals surface area contributed by atoms with Crippen molar-refractivity contribution < 1.29 is 9.53 Å². The van der Waals surface area contributed by atoms with Crippen molar-refractivity contribution in [3.63, 3.8) is 0 Å². The average Bonchev–Trinajstić information content (AvgIpc) is 1.89. The van der Waals surface area contributed by atoms with Crippen molar-refractivity contribution in [3.8, 4) is 0 Å². The quantitative estimate of drug-likeness (QED) is 0.526. The Kier molecular flexibility index (Phi) is 5.52. The van der Waals surface area contributed by atoms with Gasteiger partial charge in [0.05, 0.1) is 0 Å². The van der Waals surface area contributed by atoms with Crippen LogP contribution in [0.4, 0.5) is 0 Å². The predicted octanol–water partition coefficient (Wildman–Crippen LogP) is 1.39. The Morgan fingerprint density at radius 2 is 2.11 bits per heavy atom. The van der Waals surface area contributed by atoms with Crippen molar-refractivity contribution >= 4 is 5.78 Å². The topological polar surface area (TPSA) is 26.3 Å². The van der Waals surface area contributed by atoms with E-state index in [4.69, 9.17) is 4.74 Å². The van der Waals surface area contributed by atoms with Crippen LogP contribution in [0.15, 0.2) is 0 Å². The van der Waals surface area contributed by atoms with Crippen LogP contribution in [0.1, 0.15) is 26.7 Å². The molecule has 0 unspecified atom stereocenters. The molecule has 0 aromatic rings. The lowest BCUT2D eigenvalue weighted by molar-refractivity contribution is -0.123. The molecule has 0 aliphatic heterocycles. The van der Waals surface area contributed by atoms with E-state index in [1.165, 1.54) is 0 Å². The summed E-state index contributed by atoms with van der Waals surface area (Å²) in [6, 6.07) is 0. The average molecular weight is 130 g/mol. The molecule has 0 aliphatic carbocycles. The van der Waals surface area contributed by atoms with Gasteiger partial charge in [0.25, 0.3) is 0 Å². The van der Waals surface area contributed by atoms with Crippen molar-refractivity contribution in [1.82, 2.24) is 0 Å². The highest BCUT2D eigenvalue weighted by atomic mass is 16.5. The van der Waals surface area contributed by atoms with Crippen LogP contribution in [0, 0.1) is 0 Å². The molecule has 0 rings (SSSR count). The summed E-state index contributed by atoms with van der Waals surface area (Å²) in [5.41, 5.74) is 0. The van der Waals surface area contributed by atoms with Gasteiger partial charge in [0.1, 0.15) is 6.61 Å². The summed E-state index contributed by atoms with van der Waals surface area (Å²) >= 11 is 0. The molecule has 0 fully saturated rings. The normalized spacial score (nSPS) is 9.56. The Hall–Kier alpha value is -0.370. The Bertz CT molecular complexity index is 79.0. The number of ketones is 1. The van der Waals surface area contributed by atoms with E-state index in [1.54, 1.807) is 0 Å². The molecule has 0 aromatic carbocycles. The van der Waals surface area contributed by atoms with Crippen LogP contribution < -0.4 is 0 Å². The van der Waals surface area contributed by atoms with Gasteiger partial charge in [-0.15, -0.1) is 0 Å². The van der Waals surface area contributed by atoms with Gasteiger partial charge in [0.2, 0.25) is 0 Å². The summed E-state index contributed by atoms with van der Waals surface area (Å²) < 4.78 is 4.99. The van der Waals surface area contributed by atoms with E-state index in [0.717, 1.165) is 6.42 Å². The summed E-state index contributed by atoms with van der Waals surface area (Å²) in [6.45, 7) is 4.87. The van der Waals surface area contributed by atoms with Gasteiger partial charge >= 0.3 is 0 Å². The molecule has 2 nitrogen and oxygen atoms in total. The SMILES string of the molecule is CCCOCC(=O)CC. The van der Waals surface area contributed by atoms with Crippen molar-refractivity contribution in [3.05, 3.63) is 0 Å². The number of Topliss-reactive ketones (excluding diaryl/α,β-unsaturated/α-hetero) is 1. The first kappa shape index (κ1) is 8.63. The van der Waals surface area contributed by atoms with E-state index in [1.807, 2.05) is 13.8 Å². The standard InChI is InChI=1S/C7H14O2/c1-3-5-9-6-7(8)4-2/h3-6H2,1-2H3. The van der Waals surface area contributed by atoms with Crippen LogP contribution in [0.2, 0.25) is 0 Å². The van der Waals surface area contributed by atoms with E-state index >= 15 is 0 Å². The third kappa shape index (κ3) is 5.50. The third-order valence-electron chi connectivity index (χ3n) is 1.01. The van der Waals surface area contributed by atoms with Crippen LogP contribution in [-0.2, 0) is 9.53 Å². The molecule has 0 radical (unpaired) electrons. The molecule has 9 heavy (non-hydrogen) atoms. The zero-order valence-corrected chi connectivity index (χ0v) is 6.14. The first-order chi connectivity index (χ1) is 4.31. The number of carbonyl (C=O) groups is 1. The molecular weight excluding hydrogens is 116 g/mol. The second kappa shape index (κ2) is 5.76. The highest BCUT2D eigenvalue weighted by molar-refractivity contribution is 5.79. The van der Waals surface area contributed by atoms with Crippen LogP contribution >= 0.6 is 0 Å². The lowest BCUT2D eigenvalue weighted by Gasteiger charge is -1.97. The molecule has 0 atom stereocenters. The smallest absolute Gasteiger partial charge is 0.158 e. The van der Waals surface area contributed by atoms with Crippen molar-refractivity contribution in [2.45, 2.75) is 26.7 Å². The van der Waals surface area contributed by atoms with Gasteiger partial charge in [-0.25, -0.2) is 0 Å². The minimum Gasteiger partial charge on any atom is -0.374 e. The van der Waals surface area contributed by atoms with Gasteiger partial charge in [-0.1, -0.05) is 13.8 Å². The maximum atomic E-state index is 10.6. The van der Waals surface area contributed by atoms with Crippen LogP contribution in [0.25, 0.3) is 0 Å². The second-order valence-electron chi connectivity index (χ2n) is 1.94. The summed E-state index contributed by atoms with van der Waals surface area (Å²) in [7, 11) is 0. The molecule has 0 bridgehead atoms. The Labute approximate surface area is 56.2 Å². The van der Waals surface area contributed by atoms with Gasteiger partial charge in [0.15, 0.2) is 5.78 Å². The van der Waals surface area contributed by atoms with Gasteiger partial charge in [-0.2, -0.15) is 0 Å². The molecule has 0 saturated heterocycles. The highest BCUT2D eigenvalue weighted by Gasteiger charge is 1.94. The second-order valence-corrected chi connectivity index (χ2v) is 1.94. The minimum absolute atomic E-state index is 0.184. The van der Waals surface area contributed by atoms with Crippen LogP contribution in [-0.4, -0.2) is 19.0 Å². The fourth-order valence-corrected chi connectivity index (χ4v) is 0.432. The number of ether oxygens (including phenoxy) is 1. The van der Waals surface area contributed by atoms with Crippen molar-refractivity contribution in [1.29, 1.82) is 0 Å². The molecule has 0 spiro atoms. The molecule has 0 saturated carbocycles. The number of hydrogen-bond acceptors (Lipinski definition) is 2. The van der Waals surface area contributed by atoms with Crippen molar-refractivity contribution in [2.24, 2.45) is 0 Å². The molecule has 2 heteroatoms. The zero-order chi connectivity index (χ0) is 7.11. The summed E-state index contributed by atoms with van der Waals surface area (Å²) in [5.74, 6) is 0.184.